The fourth-order valence-electron chi connectivity index (χ4n) is 2.96. The van der Waals surface area contributed by atoms with E-state index in [1.54, 1.807) is 36.5 Å². The van der Waals surface area contributed by atoms with E-state index in [-0.39, 0.29) is 50.8 Å². The maximum atomic E-state index is 13.2. The molecule has 0 unspecified atom stereocenters. The maximum absolute atomic E-state index is 13.2. The van der Waals surface area contributed by atoms with Crippen LogP contribution in [0.4, 0.5) is 17.6 Å². The van der Waals surface area contributed by atoms with Crippen molar-refractivity contribution in [2.75, 3.05) is 0 Å². The Labute approximate surface area is 325 Å². The Morgan fingerprint density at radius 3 is 1.38 bits per heavy atom. The zero-order valence-electron chi connectivity index (χ0n) is 28.0. The summed E-state index contributed by atoms with van der Waals surface area (Å²) < 4.78 is 51.7. The van der Waals surface area contributed by atoms with Crippen molar-refractivity contribution >= 4 is 83.5 Å². The Balaban J connectivity index is 0.000000367. The van der Waals surface area contributed by atoms with Gasteiger partial charge in [-0.05, 0) is 48.5 Å². The number of nitrogens with two attached hydrogens (primary N) is 8. The van der Waals surface area contributed by atoms with Crippen LogP contribution in [-0.2, 0) is 0 Å². The number of aromatic nitrogens is 1. The highest BCUT2D eigenvalue weighted by Crippen LogP contribution is 2.24. The summed E-state index contributed by atoms with van der Waals surface area (Å²) in [6, 6.07) is 15.1. The molecule has 0 radical (unpaired) electrons. The predicted molar refractivity (Wildman–Crippen MR) is 212 cm³/mol. The maximum Gasteiger partial charge on any atom is 0.211 e. The highest BCUT2D eigenvalue weighted by molar-refractivity contribution is 6.42. The molecule has 3 aromatic carbocycles. The van der Waals surface area contributed by atoms with Crippen molar-refractivity contribution in [1.29, 1.82) is 0 Å². The number of pyridine rings is 1. The van der Waals surface area contributed by atoms with E-state index in [1.165, 1.54) is 24.6 Å². The molecule has 0 amide bonds. The van der Waals surface area contributed by atoms with Gasteiger partial charge in [-0.2, -0.15) is 20.4 Å². The van der Waals surface area contributed by atoms with E-state index in [2.05, 4.69) is 45.8 Å². The van der Waals surface area contributed by atoms with Gasteiger partial charge in [0, 0.05) is 28.5 Å². The summed E-state index contributed by atoms with van der Waals surface area (Å²) in [4.78, 5) is 3.84. The van der Waals surface area contributed by atoms with E-state index in [1.807, 2.05) is 0 Å². The second-order valence-corrected chi connectivity index (χ2v) is 10.6. The number of hydrogen-bond donors (Lipinski definition) is 8. The molecule has 0 fully saturated rings. The van der Waals surface area contributed by atoms with Gasteiger partial charge in [0.15, 0.2) is 0 Å². The molecule has 55 heavy (non-hydrogen) atoms. The number of rotatable bonds is 8. The van der Waals surface area contributed by atoms with Gasteiger partial charge in [-0.15, -0.1) is 20.4 Å². The van der Waals surface area contributed by atoms with Crippen molar-refractivity contribution in [2.45, 2.75) is 0 Å². The molecule has 0 aliphatic heterocycles. The molecule has 0 aliphatic rings. The third kappa shape index (κ3) is 20.7. The molecule has 0 spiro atoms. The van der Waals surface area contributed by atoms with Gasteiger partial charge in [0.1, 0.15) is 28.4 Å². The van der Waals surface area contributed by atoms with Crippen molar-refractivity contribution in [3.05, 3.63) is 134 Å². The average molecular weight is 825 g/mol. The Hall–Kier alpha value is -6.84. The molecule has 0 bridgehead atoms. The van der Waals surface area contributed by atoms with Crippen LogP contribution in [0.5, 0.6) is 0 Å². The lowest BCUT2D eigenvalue weighted by Gasteiger charge is -1.98. The first-order chi connectivity index (χ1) is 26.0. The molecule has 1 aromatic heterocycles. The van der Waals surface area contributed by atoms with Gasteiger partial charge >= 0.3 is 0 Å². The van der Waals surface area contributed by atoms with Crippen LogP contribution in [0.2, 0.25) is 15.2 Å². The summed E-state index contributed by atoms with van der Waals surface area (Å²) in [5.41, 5.74) is 41.3. The number of benzene rings is 3. The van der Waals surface area contributed by atoms with Gasteiger partial charge < -0.3 is 45.9 Å². The minimum atomic E-state index is -0.596. The molecule has 1 heterocycles. The number of guanidine groups is 4. The molecule has 4 aromatic rings. The Morgan fingerprint density at radius 1 is 0.473 bits per heavy atom. The quantitative estimate of drug-likeness (QED) is 0.0323. The first kappa shape index (κ1) is 46.2. The van der Waals surface area contributed by atoms with Gasteiger partial charge in [-0.25, -0.2) is 22.5 Å². The Bertz CT molecular complexity index is 2020. The smallest absolute Gasteiger partial charge is 0.211 e. The molecule has 0 aliphatic carbocycles. The van der Waals surface area contributed by atoms with Crippen LogP contribution in [0, 0.1) is 23.3 Å². The summed E-state index contributed by atoms with van der Waals surface area (Å²) >= 11 is 17.0. The van der Waals surface area contributed by atoms with Crippen molar-refractivity contribution in [1.82, 2.24) is 4.98 Å². The topological polar surface area (TPSA) is 320 Å². The zero-order chi connectivity index (χ0) is 41.3. The first-order valence-corrected chi connectivity index (χ1v) is 15.6. The third-order valence-corrected chi connectivity index (χ3v) is 6.21. The Morgan fingerprint density at radius 2 is 0.891 bits per heavy atom. The molecular weight excluding hydrogens is 793 g/mol. The third-order valence-electron chi connectivity index (χ3n) is 5.17. The van der Waals surface area contributed by atoms with Gasteiger partial charge in [0.25, 0.3) is 0 Å². The fraction of sp³-hybridized carbons (Fsp3) is 0. The van der Waals surface area contributed by atoms with E-state index in [0.29, 0.717) is 16.3 Å². The number of nitrogens with zero attached hydrogens (tertiary/aromatic N) is 9. The highest BCUT2D eigenvalue weighted by Gasteiger charge is 2.05. The summed E-state index contributed by atoms with van der Waals surface area (Å²) in [5, 5.41) is 27.9. The molecule has 0 saturated heterocycles. The van der Waals surface area contributed by atoms with Crippen LogP contribution in [0.25, 0.3) is 0 Å². The van der Waals surface area contributed by atoms with Gasteiger partial charge in [0.2, 0.25) is 23.8 Å². The lowest BCUT2D eigenvalue weighted by Crippen LogP contribution is -2.21. The second-order valence-electron chi connectivity index (χ2n) is 9.44. The molecule has 0 saturated carbocycles. The molecule has 17 nitrogen and oxygen atoms in total. The summed E-state index contributed by atoms with van der Waals surface area (Å²) in [5.74, 6) is -2.80. The molecule has 290 valence electrons. The van der Waals surface area contributed by atoms with E-state index in [0.717, 1.165) is 36.7 Å². The van der Waals surface area contributed by atoms with Crippen LogP contribution < -0.4 is 45.9 Å². The average Bonchev–Trinajstić information content (AvgIpc) is 3.10. The van der Waals surface area contributed by atoms with Crippen molar-refractivity contribution in [3.63, 3.8) is 0 Å². The lowest BCUT2D eigenvalue weighted by molar-refractivity contribution is 0.598. The number of hydrogen-bond acceptors (Lipinski definition) is 9. The SMILES string of the molecule is NC(N)=N/N=C/c1cc(Cl)c(Cl)cc1F.NC(N)=N/N=C/c1cc(F)ccc1F.NC(N)=N/N=C/c1ccccc1F.NC(N)=N/N=C/c1cccnc1Cl. The van der Waals surface area contributed by atoms with E-state index in [9.17, 15) is 17.6 Å². The standard InChI is InChI=1S/C8H7Cl2FN4.C8H8F2N4.C8H9FN4.C7H8ClN5/c9-5-1-4(3-14-15-8(12)13)7(11)2-6(5)10;9-6-1-2-7(10)5(3-6)4-13-14-8(11)12;9-7-4-2-1-3-6(7)5-12-13-8(10)11;8-6-5(2-1-3-11-6)4-12-13-7(9)10/h1-3H,(H4,12,13,15);1-4H,(H4,11,12,14);1-5H,(H4,10,11,13);1-4H,(H4,9,10,13)/b14-3+;13-4+;12-5+;12-4+. The molecule has 4 rings (SSSR count). The van der Waals surface area contributed by atoms with Crippen LogP contribution in [-0.4, -0.2) is 53.7 Å². The molecule has 24 heteroatoms. The van der Waals surface area contributed by atoms with Gasteiger partial charge in [-0.1, -0.05) is 53.0 Å². The molecule has 0 atom stereocenters. The van der Waals surface area contributed by atoms with Gasteiger partial charge in [0.05, 0.1) is 34.9 Å². The van der Waals surface area contributed by atoms with Crippen molar-refractivity contribution in [3.8, 4) is 0 Å². The monoisotopic (exact) mass is 823 g/mol. The normalized spacial score (nSPS) is 10.4. The minimum absolute atomic E-state index is 0.0185. The van der Waals surface area contributed by atoms with Crippen molar-refractivity contribution < 1.29 is 17.6 Å². The predicted octanol–water partition coefficient (Wildman–Crippen LogP) is 3.09. The molecule has 16 N–H and O–H groups in total. The van der Waals surface area contributed by atoms with Crippen molar-refractivity contribution in [2.24, 2.45) is 86.7 Å². The van der Waals surface area contributed by atoms with E-state index in [4.69, 9.17) is 80.7 Å². The van der Waals surface area contributed by atoms with Crippen LogP contribution in [0.15, 0.2) is 114 Å². The van der Waals surface area contributed by atoms with E-state index < -0.39 is 17.5 Å². The first-order valence-electron chi connectivity index (χ1n) is 14.4. The summed E-state index contributed by atoms with van der Waals surface area (Å²) in [6.45, 7) is 0. The fourth-order valence-corrected chi connectivity index (χ4v) is 3.45. The van der Waals surface area contributed by atoms with E-state index >= 15 is 0 Å². The second kappa shape index (κ2) is 25.2. The minimum Gasteiger partial charge on any atom is -0.369 e. The highest BCUT2D eigenvalue weighted by atomic mass is 35.5. The summed E-state index contributed by atoms with van der Waals surface area (Å²) in [7, 11) is 0. The van der Waals surface area contributed by atoms with Crippen LogP contribution >= 0.6 is 34.8 Å². The largest absolute Gasteiger partial charge is 0.369 e. The Kier molecular flexibility index (Phi) is 21.2. The van der Waals surface area contributed by atoms with Crippen LogP contribution in [0.1, 0.15) is 22.3 Å². The number of halogens is 7. The van der Waals surface area contributed by atoms with Gasteiger partial charge in [-0.3, -0.25) is 0 Å². The summed E-state index contributed by atoms with van der Waals surface area (Å²) in [6.07, 6.45) is 6.42. The lowest BCUT2D eigenvalue weighted by atomic mass is 10.2. The zero-order valence-corrected chi connectivity index (χ0v) is 30.3. The van der Waals surface area contributed by atoms with Crippen LogP contribution in [0.3, 0.4) is 0 Å². The molecular formula is C31H32Cl3F4N17.